The Morgan fingerprint density at radius 1 is 1.00 bits per heavy atom. The van der Waals surface area contributed by atoms with Gasteiger partial charge in [0.05, 0.1) is 16.4 Å². The largest absolute Gasteiger partial charge is 0.370 e. The summed E-state index contributed by atoms with van der Waals surface area (Å²) in [5.41, 5.74) is 4.12. The SMILES string of the molecule is Clc1ccc(Cl)c(-n2nc(Cc3ccccc3Cl)c3c2NCCCC3)c1. The smallest absolute Gasteiger partial charge is 0.133 e. The molecule has 6 heteroatoms. The summed E-state index contributed by atoms with van der Waals surface area (Å²) in [5, 5.41) is 10.4. The van der Waals surface area contributed by atoms with Crippen molar-refractivity contribution in [3.05, 3.63) is 74.4 Å². The second-order valence-corrected chi connectivity index (χ2v) is 7.68. The molecule has 1 aromatic heterocycles. The third-order valence-corrected chi connectivity index (χ3v) is 5.59. The number of hydrogen-bond donors (Lipinski definition) is 1. The third-order valence-electron chi connectivity index (χ3n) is 4.66. The standard InChI is InChI=1S/C20H18Cl3N3/c21-14-8-9-17(23)19(12-14)26-20-15(6-3-4-10-24-20)18(25-26)11-13-5-1-2-7-16(13)22/h1-2,5,7-9,12,24H,3-4,6,10-11H2. The first-order chi connectivity index (χ1) is 12.6. The minimum Gasteiger partial charge on any atom is -0.370 e. The first kappa shape index (κ1) is 17.7. The number of rotatable bonds is 3. The van der Waals surface area contributed by atoms with Crippen LogP contribution in [0.15, 0.2) is 42.5 Å². The summed E-state index contributed by atoms with van der Waals surface area (Å²) in [4.78, 5) is 0. The second-order valence-electron chi connectivity index (χ2n) is 6.43. The number of anilines is 1. The predicted molar refractivity (Wildman–Crippen MR) is 109 cm³/mol. The van der Waals surface area contributed by atoms with Crippen LogP contribution in [-0.2, 0) is 12.8 Å². The average Bonchev–Trinajstić information content (AvgIpc) is 2.81. The van der Waals surface area contributed by atoms with Crippen LogP contribution in [0.25, 0.3) is 5.69 Å². The average molecular weight is 407 g/mol. The number of nitrogens with zero attached hydrogens (tertiary/aromatic N) is 2. The summed E-state index contributed by atoms with van der Waals surface area (Å²) in [6, 6.07) is 13.3. The first-order valence-corrected chi connectivity index (χ1v) is 9.80. The van der Waals surface area contributed by atoms with E-state index in [0.717, 1.165) is 53.6 Å². The van der Waals surface area contributed by atoms with Crippen molar-refractivity contribution in [3.63, 3.8) is 0 Å². The van der Waals surface area contributed by atoms with Gasteiger partial charge >= 0.3 is 0 Å². The lowest BCUT2D eigenvalue weighted by Gasteiger charge is -2.11. The zero-order chi connectivity index (χ0) is 18.1. The van der Waals surface area contributed by atoms with Gasteiger partial charge in [0, 0.05) is 28.6 Å². The number of nitrogens with one attached hydrogen (secondary N) is 1. The molecule has 0 saturated heterocycles. The highest BCUT2D eigenvalue weighted by Crippen LogP contribution is 2.33. The second kappa shape index (κ2) is 7.51. The van der Waals surface area contributed by atoms with E-state index in [-0.39, 0.29) is 0 Å². The molecule has 0 radical (unpaired) electrons. The van der Waals surface area contributed by atoms with Crippen LogP contribution in [0.2, 0.25) is 15.1 Å². The number of aromatic nitrogens is 2. The van der Waals surface area contributed by atoms with Crippen molar-refractivity contribution < 1.29 is 0 Å². The summed E-state index contributed by atoms with van der Waals surface area (Å²) in [6.07, 6.45) is 3.93. The van der Waals surface area contributed by atoms with Gasteiger partial charge in [-0.05, 0) is 49.1 Å². The van der Waals surface area contributed by atoms with Crippen LogP contribution >= 0.6 is 34.8 Å². The normalized spacial score (nSPS) is 13.8. The highest BCUT2D eigenvalue weighted by molar-refractivity contribution is 6.34. The molecule has 0 aliphatic carbocycles. The lowest BCUT2D eigenvalue weighted by Crippen LogP contribution is -2.07. The van der Waals surface area contributed by atoms with Crippen LogP contribution in [0, 0.1) is 0 Å². The van der Waals surface area contributed by atoms with Crippen molar-refractivity contribution in [2.75, 3.05) is 11.9 Å². The number of fused-ring (bicyclic) bond motifs is 1. The number of hydrogen-bond acceptors (Lipinski definition) is 2. The summed E-state index contributed by atoms with van der Waals surface area (Å²) in [5.74, 6) is 1.01. The fourth-order valence-corrected chi connectivity index (χ4v) is 3.93. The Balaban J connectivity index is 1.84. The van der Waals surface area contributed by atoms with Gasteiger partial charge in [0.1, 0.15) is 5.82 Å². The molecule has 26 heavy (non-hydrogen) atoms. The fraction of sp³-hybridized carbons (Fsp3) is 0.250. The van der Waals surface area contributed by atoms with Crippen molar-refractivity contribution in [1.29, 1.82) is 0 Å². The zero-order valence-corrected chi connectivity index (χ0v) is 16.4. The van der Waals surface area contributed by atoms with Gasteiger partial charge in [-0.1, -0.05) is 53.0 Å². The molecule has 1 aliphatic rings. The van der Waals surface area contributed by atoms with E-state index >= 15 is 0 Å². The maximum Gasteiger partial charge on any atom is 0.133 e. The van der Waals surface area contributed by atoms with Gasteiger partial charge < -0.3 is 5.32 Å². The van der Waals surface area contributed by atoms with Gasteiger partial charge in [0.15, 0.2) is 0 Å². The highest BCUT2D eigenvalue weighted by atomic mass is 35.5. The third kappa shape index (κ3) is 3.44. The molecule has 1 aliphatic heterocycles. The Hall–Kier alpha value is -1.68. The van der Waals surface area contributed by atoms with E-state index in [4.69, 9.17) is 39.9 Å². The molecule has 2 aromatic carbocycles. The van der Waals surface area contributed by atoms with Crippen LogP contribution in [0.1, 0.15) is 29.7 Å². The van der Waals surface area contributed by atoms with Crippen molar-refractivity contribution in [2.24, 2.45) is 0 Å². The van der Waals surface area contributed by atoms with Gasteiger partial charge in [0.25, 0.3) is 0 Å². The number of benzene rings is 2. The maximum absolute atomic E-state index is 6.44. The topological polar surface area (TPSA) is 29.9 Å². The molecule has 0 unspecified atom stereocenters. The quantitative estimate of drug-likeness (QED) is 0.563. The maximum atomic E-state index is 6.44. The van der Waals surface area contributed by atoms with E-state index in [1.807, 2.05) is 35.0 Å². The summed E-state index contributed by atoms with van der Waals surface area (Å²) in [6.45, 7) is 0.919. The first-order valence-electron chi connectivity index (χ1n) is 8.67. The molecule has 3 nitrogen and oxygen atoms in total. The molecule has 0 saturated carbocycles. The molecule has 0 amide bonds. The van der Waals surface area contributed by atoms with Crippen molar-refractivity contribution in [2.45, 2.75) is 25.7 Å². The molecule has 0 spiro atoms. The summed E-state index contributed by atoms with van der Waals surface area (Å²) >= 11 is 19.0. The minimum atomic E-state index is 0.620. The monoisotopic (exact) mass is 405 g/mol. The Kier molecular flexibility index (Phi) is 5.12. The predicted octanol–water partition coefficient (Wildman–Crippen LogP) is 6.17. The summed E-state index contributed by atoms with van der Waals surface area (Å²) in [7, 11) is 0. The van der Waals surface area contributed by atoms with Crippen molar-refractivity contribution in [3.8, 4) is 5.69 Å². The van der Waals surface area contributed by atoms with Gasteiger partial charge in [-0.15, -0.1) is 0 Å². The van der Waals surface area contributed by atoms with Crippen LogP contribution < -0.4 is 5.32 Å². The molecule has 134 valence electrons. The van der Waals surface area contributed by atoms with Gasteiger partial charge in [0.2, 0.25) is 0 Å². The summed E-state index contributed by atoms with van der Waals surface area (Å²) < 4.78 is 1.89. The van der Waals surface area contributed by atoms with Crippen molar-refractivity contribution >= 4 is 40.6 Å². The number of halogens is 3. The Bertz CT molecular complexity index is 949. The lowest BCUT2D eigenvalue weighted by molar-refractivity contribution is 0.767. The molecule has 1 N–H and O–H groups in total. The zero-order valence-electron chi connectivity index (χ0n) is 14.1. The van der Waals surface area contributed by atoms with Crippen molar-refractivity contribution in [1.82, 2.24) is 9.78 Å². The van der Waals surface area contributed by atoms with Crippen LogP contribution in [0.3, 0.4) is 0 Å². The van der Waals surface area contributed by atoms with E-state index in [1.54, 1.807) is 12.1 Å². The fourth-order valence-electron chi connectivity index (χ4n) is 3.36. The van der Waals surface area contributed by atoms with Gasteiger partial charge in [-0.2, -0.15) is 5.10 Å². The molecular weight excluding hydrogens is 389 g/mol. The van der Waals surface area contributed by atoms with Crippen LogP contribution in [-0.4, -0.2) is 16.3 Å². The van der Waals surface area contributed by atoms with Gasteiger partial charge in [-0.3, -0.25) is 0 Å². The molecule has 3 aromatic rings. The molecule has 0 atom stereocenters. The lowest BCUT2D eigenvalue weighted by atomic mass is 10.0. The highest BCUT2D eigenvalue weighted by Gasteiger charge is 2.22. The van der Waals surface area contributed by atoms with E-state index < -0.39 is 0 Å². The van der Waals surface area contributed by atoms with Crippen LogP contribution in [0.5, 0.6) is 0 Å². The Labute approximate surface area is 167 Å². The van der Waals surface area contributed by atoms with E-state index in [9.17, 15) is 0 Å². The molecular formula is C20H18Cl3N3. The Morgan fingerprint density at radius 3 is 2.69 bits per heavy atom. The van der Waals surface area contributed by atoms with Gasteiger partial charge in [-0.25, -0.2) is 4.68 Å². The molecule has 0 fully saturated rings. The van der Waals surface area contributed by atoms with E-state index in [1.165, 1.54) is 5.56 Å². The minimum absolute atomic E-state index is 0.620. The molecule has 0 bridgehead atoms. The Morgan fingerprint density at radius 2 is 1.85 bits per heavy atom. The van der Waals surface area contributed by atoms with Crippen LogP contribution in [0.4, 0.5) is 5.82 Å². The molecule has 4 rings (SSSR count). The van der Waals surface area contributed by atoms with E-state index in [0.29, 0.717) is 16.5 Å². The van der Waals surface area contributed by atoms with E-state index in [2.05, 4.69) is 5.32 Å². The molecule has 2 heterocycles.